The standard InChI is InChI=1S/C8H13N3O3/c9-7(12)10-2-3-11-6(5-10)1-4-14-8(11)13/h6H,1-5H2,(H2,9,12). The monoisotopic (exact) mass is 199 g/mol. The minimum Gasteiger partial charge on any atom is -0.449 e. The van der Waals surface area contributed by atoms with Crippen LogP contribution in [0.15, 0.2) is 0 Å². The van der Waals surface area contributed by atoms with Crippen molar-refractivity contribution in [3.63, 3.8) is 0 Å². The smallest absolute Gasteiger partial charge is 0.410 e. The molecule has 0 aromatic rings. The van der Waals surface area contributed by atoms with Crippen LogP contribution in [0.4, 0.5) is 9.59 Å². The SMILES string of the molecule is NC(=O)N1CCN2C(=O)OCCC2C1. The molecular weight excluding hydrogens is 186 g/mol. The number of nitrogens with two attached hydrogens (primary N) is 1. The van der Waals surface area contributed by atoms with Gasteiger partial charge in [0, 0.05) is 26.1 Å². The summed E-state index contributed by atoms with van der Waals surface area (Å²) in [4.78, 5) is 25.4. The fourth-order valence-electron chi connectivity index (χ4n) is 1.91. The summed E-state index contributed by atoms with van der Waals surface area (Å²) in [6.07, 6.45) is 0.501. The maximum atomic E-state index is 11.3. The van der Waals surface area contributed by atoms with Gasteiger partial charge in [0.15, 0.2) is 0 Å². The zero-order chi connectivity index (χ0) is 10.1. The van der Waals surface area contributed by atoms with E-state index >= 15 is 0 Å². The molecule has 3 amide bonds. The second-order valence-electron chi connectivity index (χ2n) is 3.53. The molecule has 14 heavy (non-hydrogen) atoms. The predicted octanol–water partition coefficient (Wildman–Crippen LogP) is -0.408. The number of rotatable bonds is 0. The Bertz CT molecular complexity index is 269. The highest BCUT2D eigenvalue weighted by Crippen LogP contribution is 2.18. The molecule has 78 valence electrons. The summed E-state index contributed by atoms with van der Waals surface area (Å²) < 4.78 is 4.90. The summed E-state index contributed by atoms with van der Waals surface area (Å²) in [5.41, 5.74) is 5.18. The first-order chi connectivity index (χ1) is 6.68. The van der Waals surface area contributed by atoms with E-state index in [1.165, 1.54) is 0 Å². The quantitative estimate of drug-likeness (QED) is 0.576. The molecule has 0 bridgehead atoms. The van der Waals surface area contributed by atoms with E-state index < -0.39 is 6.03 Å². The van der Waals surface area contributed by atoms with Crippen LogP contribution in [-0.4, -0.2) is 54.2 Å². The third kappa shape index (κ3) is 1.47. The van der Waals surface area contributed by atoms with E-state index in [2.05, 4.69) is 0 Å². The van der Waals surface area contributed by atoms with E-state index in [1.54, 1.807) is 9.80 Å². The summed E-state index contributed by atoms with van der Waals surface area (Å²) in [6, 6.07) is -0.332. The van der Waals surface area contributed by atoms with Crippen LogP contribution < -0.4 is 5.73 Å². The van der Waals surface area contributed by atoms with Crippen LogP contribution in [0.1, 0.15) is 6.42 Å². The van der Waals surface area contributed by atoms with Crippen molar-refractivity contribution in [2.45, 2.75) is 12.5 Å². The van der Waals surface area contributed by atoms with Gasteiger partial charge in [0.25, 0.3) is 0 Å². The number of cyclic esters (lactones) is 1. The lowest BCUT2D eigenvalue weighted by Gasteiger charge is -2.42. The van der Waals surface area contributed by atoms with Gasteiger partial charge in [-0.3, -0.25) is 0 Å². The van der Waals surface area contributed by atoms with Gasteiger partial charge in [0.1, 0.15) is 0 Å². The van der Waals surface area contributed by atoms with E-state index in [0.717, 1.165) is 6.42 Å². The molecule has 0 spiro atoms. The second kappa shape index (κ2) is 3.36. The Morgan fingerprint density at radius 1 is 1.50 bits per heavy atom. The van der Waals surface area contributed by atoms with Crippen molar-refractivity contribution in [2.24, 2.45) is 5.73 Å². The van der Waals surface area contributed by atoms with Crippen molar-refractivity contribution in [1.29, 1.82) is 0 Å². The average Bonchev–Trinajstić information content (AvgIpc) is 2.17. The molecule has 2 heterocycles. The Balaban J connectivity index is 2.03. The average molecular weight is 199 g/mol. The van der Waals surface area contributed by atoms with Crippen LogP contribution >= 0.6 is 0 Å². The maximum Gasteiger partial charge on any atom is 0.410 e. The van der Waals surface area contributed by atoms with Gasteiger partial charge in [-0.25, -0.2) is 9.59 Å². The van der Waals surface area contributed by atoms with Crippen molar-refractivity contribution in [3.05, 3.63) is 0 Å². The number of hydrogen-bond acceptors (Lipinski definition) is 3. The molecule has 1 atom stereocenters. The Hall–Kier alpha value is -1.46. The molecule has 0 aromatic heterocycles. The summed E-state index contributed by atoms with van der Waals surface area (Å²) in [7, 11) is 0. The highest BCUT2D eigenvalue weighted by Gasteiger charge is 2.35. The second-order valence-corrected chi connectivity index (χ2v) is 3.53. The number of fused-ring (bicyclic) bond motifs is 1. The third-order valence-electron chi connectivity index (χ3n) is 2.71. The topological polar surface area (TPSA) is 75.9 Å². The van der Waals surface area contributed by atoms with Gasteiger partial charge < -0.3 is 20.3 Å². The lowest BCUT2D eigenvalue weighted by atomic mass is 10.1. The van der Waals surface area contributed by atoms with Gasteiger partial charge in [0.05, 0.1) is 12.6 Å². The third-order valence-corrected chi connectivity index (χ3v) is 2.71. The van der Waals surface area contributed by atoms with Gasteiger partial charge in [-0.1, -0.05) is 0 Å². The van der Waals surface area contributed by atoms with Crippen LogP contribution in [0, 0.1) is 0 Å². The first-order valence-electron chi connectivity index (χ1n) is 4.66. The number of primary amides is 1. The molecule has 6 nitrogen and oxygen atoms in total. The molecule has 0 aliphatic carbocycles. The summed E-state index contributed by atoms with van der Waals surface area (Å²) in [5.74, 6) is 0. The van der Waals surface area contributed by atoms with Crippen LogP contribution in [0.3, 0.4) is 0 Å². The number of nitrogens with zero attached hydrogens (tertiary/aromatic N) is 2. The molecule has 2 fully saturated rings. The fourth-order valence-corrected chi connectivity index (χ4v) is 1.91. The molecule has 0 radical (unpaired) electrons. The van der Waals surface area contributed by atoms with E-state index in [-0.39, 0.29) is 12.1 Å². The lowest BCUT2D eigenvalue weighted by molar-refractivity contribution is 0.0152. The Morgan fingerprint density at radius 2 is 2.29 bits per heavy atom. The molecule has 1 unspecified atom stereocenters. The minimum absolute atomic E-state index is 0.0810. The Morgan fingerprint density at radius 3 is 3.00 bits per heavy atom. The Kier molecular flexibility index (Phi) is 2.18. The highest BCUT2D eigenvalue weighted by molar-refractivity contribution is 5.73. The van der Waals surface area contributed by atoms with Crippen molar-refractivity contribution < 1.29 is 14.3 Å². The number of amides is 3. The molecule has 2 saturated heterocycles. The number of urea groups is 1. The Labute approximate surface area is 81.6 Å². The van der Waals surface area contributed by atoms with Gasteiger partial charge in [-0.05, 0) is 0 Å². The molecule has 0 aromatic carbocycles. The van der Waals surface area contributed by atoms with Gasteiger partial charge in [-0.15, -0.1) is 0 Å². The number of hydrogen-bond donors (Lipinski definition) is 1. The number of carbonyl (C=O) groups is 2. The van der Waals surface area contributed by atoms with Crippen molar-refractivity contribution in [2.75, 3.05) is 26.2 Å². The van der Waals surface area contributed by atoms with Gasteiger partial charge >= 0.3 is 12.1 Å². The van der Waals surface area contributed by atoms with Crippen molar-refractivity contribution >= 4 is 12.1 Å². The molecule has 6 heteroatoms. The summed E-state index contributed by atoms with van der Waals surface area (Å²) >= 11 is 0. The largest absolute Gasteiger partial charge is 0.449 e. The van der Waals surface area contributed by atoms with Crippen LogP contribution in [0.5, 0.6) is 0 Å². The molecule has 2 N–H and O–H groups in total. The number of ether oxygens (including phenoxy) is 1. The normalized spacial score (nSPS) is 26.9. The van der Waals surface area contributed by atoms with E-state index in [1.807, 2.05) is 0 Å². The van der Waals surface area contributed by atoms with Crippen molar-refractivity contribution in [1.82, 2.24) is 9.80 Å². The first-order valence-corrected chi connectivity index (χ1v) is 4.66. The predicted molar refractivity (Wildman–Crippen MR) is 47.6 cm³/mol. The molecular formula is C8H13N3O3. The van der Waals surface area contributed by atoms with Crippen molar-refractivity contribution in [3.8, 4) is 0 Å². The summed E-state index contributed by atoms with van der Waals surface area (Å²) in [6.45, 7) is 1.99. The number of piperazine rings is 1. The first kappa shape index (κ1) is 9.11. The zero-order valence-electron chi connectivity index (χ0n) is 7.81. The fraction of sp³-hybridized carbons (Fsp3) is 0.750. The maximum absolute atomic E-state index is 11.3. The highest BCUT2D eigenvalue weighted by atomic mass is 16.6. The summed E-state index contributed by atoms with van der Waals surface area (Å²) in [5, 5.41) is 0. The molecule has 2 rings (SSSR count). The van der Waals surface area contributed by atoms with Gasteiger partial charge in [0.2, 0.25) is 0 Å². The molecule has 2 aliphatic heterocycles. The van der Waals surface area contributed by atoms with E-state index in [4.69, 9.17) is 10.5 Å². The molecule has 2 aliphatic rings. The van der Waals surface area contributed by atoms with Crippen LogP contribution in [0.2, 0.25) is 0 Å². The van der Waals surface area contributed by atoms with Crippen LogP contribution in [-0.2, 0) is 4.74 Å². The van der Waals surface area contributed by atoms with E-state index in [9.17, 15) is 9.59 Å². The van der Waals surface area contributed by atoms with Crippen LogP contribution in [0.25, 0.3) is 0 Å². The number of carbonyl (C=O) groups excluding carboxylic acids is 2. The zero-order valence-corrected chi connectivity index (χ0v) is 7.81. The molecule has 0 saturated carbocycles. The lowest BCUT2D eigenvalue weighted by Crippen LogP contribution is -2.59. The van der Waals surface area contributed by atoms with E-state index in [0.29, 0.717) is 26.2 Å². The minimum atomic E-state index is -0.413. The van der Waals surface area contributed by atoms with Gasteiger partial charge in [-0.2, -0.15) is 0 Å².